The van der Waals surface area contributed by atoms with Crippen LogP contribution in [0.15, 0.2) is 30.3 Å². The molecule has 0 aliphatic heterocycles. The Morgan fingerprint density at radius 1 is 0.793 bits per heavy atom. The van der Waals surface area contributed by atoms with Crippen LogP contribution in [0, 0.1) is 0 Å². The van der Waals surface area contributed by atoms with Gasteiger partial charge < -0.3 is 10.4 Å². The van der Waals surface area contributed by atoms with Crippen LogP contribution in [0.5, 0.6) is 0 Å². The van der Waals surface area contributed by atoms with Gasteiger partial charge in [0.2, 0.25) is 0 Å². The van der Waals surface area contributed by atoms with Crippen LogP contribution in [-0.2, 0) is 4.79 Å². The predicted molar refractivity (Wildman–Crippen MR) is 120 cm³/mol. The van der Waals surface area contributed by atoms with E-state index in [1.807, 2.05) is 6.07 Å². The molecule has 164 valence electrons. The second-order valence-corrected chi connectivity index (χ2v) is 8.03. The van der Waals surface area contributed by atoms with Crippen molar-refractivity contribution in [2.45, 2.75) is 103 Å². The normalized spacial score (nSPS) is 11.9. The zero-order chi connectivity index (χ0) is 21.2. The molecular formula is C25H41NO3. The fourth-order valence-electron chi connectivity index (χ4n) is 3.55. The summed E-state index contributed by atoms with van der Waals surface area (Å²) in [6.07, 6.45) is 16.9. The Labute approximate surface area is 177 Å². The van der Waals surface area contributed by atoms with Gasteiger partial charge in [-0.1, -0.05) is 102 Å². The van der Waals surface area contributed by atoms with Crippen LogP contribution in [0.2, 0.25) is 0 Å². The SMILES string of the molecule is CCCCCCCCCCCCCCCC(=O)C(CO)NC(=O)c1ccccc1. The lowest BCUT2D eigenvalue weighted by Crippen LogP contribution is -2.43. The Morgan fingerprint density at radius 3 is 1.76 bits per heavy atom. The van der Waals surface area contributed by atoms with Crippen molar-refractivity contribution in [2.75, 3.05) is 6.61 Å². The van der Waals surface area contributed by atoms with E-state index >= 15 is 0 Å². The molecule has 1 aromatic rings. The van der Waals surface area contributed by atoms with Crippen LogP contribution in [-0.4, -0.2) is 29.4 Å². The summed E-state index contributed by atoms with van der Waals surface area (Å²) < 4.78 is 0. The zero-order valence-electron chi connectivity index (χ0n) is 18.3. The van der Waals surface area contributed by atoms with Crippen molar-refractivity contribution in [3.8, 4) is 0 Å². The number of unbranched alkanes of at least 4 members (excludes halogenated alkanes) is 12. The Morgan fingerprint density at radius 2 is 1.28 bits per heavy atom. The first-order chi connectivity index (χ1) is 14.2. The van der Waals surface area contributed by atoms with Crippen molar-refractivity contribution in [1.82, 2.24) is 5.32 Å². The maximum absolute atomic E-state index is 12.3. The van der Waals surface area contributed by atoms with Gasteiger partial charge in [-0.3, -0.25) is 9.59 Å². The fraction of sp³-hybridized carbons (Fsp3) is 0.680. The number of hydrogen-bond donors (Lipinski definition) is 2. The first kappa shape index (κ1) is 25.4. The van der Waals surface area contributed by atoms with E-state index in [0.717, 1.165) is 19.3 Å². The molecule has 0 fully saturated rings. The van der Waals surface area contributed by atoms with Crippen LogP contribution in [0.4, 0.5) is 0 Å². The molecule has 1 amide bonds. The van der Waals surface area contributed by atoms with Crippen molar-refractivity contribution in [3.05, 3.63) is 35.9 Å². The molecule has 29 heavy (non-hydrogen) atoms. The van der Waals surface area contributed by atoms with Gasteiger partial charge in [-0.2, -0.15) is 0 Å². The topological polar surface area (TPSA) is 66.4 Å². The Balaban J connectivity index is 2.02. The van der Waals surface area contributed by atoms with Crippen LogP contribution in [0.1, 0.15) is 107 Å². The molecule has 2 N–H and O–H groups in total. The number of amides is 1. The minimum Gasteiger partial charge on any atom is -0.394 e. The Hall–Kier alpha value is -1.68. The number of carbonyl (C=O) groups is 2. The minimum absolute atomic E-state index is 0.0835. The third kappa shape index (κ3) is 12.5. The summed E-state index contributed by atoms with van der Waals surface area (Å²) in [5.41, 5.74) is 0.500. The maximum atomic E-state index is 12.3. The number of Topliss-reactive ketones (excluding diaryl/α,β-unsaturated/α-hetero) is 1. The molecule has 4 heteroatoms. The molecule has 1 atom stereocenters. The zero-order valence-corrected chi connectivity index (χ0v) is 18.3. The standard InChI is InChI=1S/C25H41NO3/c1-2-3-4-5-6-7-8-9-10-11-12-13-17-20-24(28)23(21-27)26-25(29)22-18-15-14-16-19-22/h14-16,18-19,23,27H,2-13,17,20-21H2,1H3,(H,26,29). The molecule has 1 rings (SSSR count). The van der Waals surface area contributed by atoms with Gasteiger partial charge in [0.05, 0.1) is 6.61 Å². The van der Waals surface area contributed by atoms with Gasteiger partial charge in [0, 0.05) is 12.0 Å². The number of benzene rings is 1. The van der Waals surface area contributed by atoms with Gasteiger partial charge in [0.1, 0.15) is 6.04 Å². The number of nitrogens with one attached hydrogen (secondary N) is 1. The highest BCUT2D eigenvalue weighted by Crippen LogP contribution is 2.13. The highest BCUT2D eigenvalue weighted by atomic mass is 16.3. The lowest BCUT2D eigenvalue weighted by Gasteiger charge is -2.15. The van der Waals surface area contributed by atoms with Gasteiger partial charge >= 0.3 is 0 Å². The van der Waals surface area contributed by atoms with E-state index in [0.29, 0.717) is 12.0 Å². The molecule has 0 saturated heterocycles. The highest BCUT2D eigenvalue weighted by molar-refractivity contribution is 5.97. The number of hydrogen-bond acceptors (Lipinski definition) is 3. The van der Waals surface area contributed by atoms with Crippen molar-refractivity contribution >= 4 is 11.7 Å². The second kappa shape index (κ2) is 17.2. The van der Waals surface area contributed by atoms with E-state index in [1.54, 1.807) is 24.3 Å². The second-order valence-electron chi connectivity index (χ2n) is 8.03. The molecule has 0 bridgehead atoms. The first-order valence-electron chi connectivity index (χ1n) is 11.7. The van der Waals surface area contributed by atoms with Crippen molar-refractivity contribution in [3.63, 3.8) is 0 Å². The Kier molecular flexibility index (Phi) is 15.0. The summed E-state index contributed by atoms with van der Waals surface area (Å²) in [4.78, 5) is 24.4. The molecule has 0 aliphatic carbocycles. The number of carbonyl (C=O) groups excluding carboxylic acids is 2. The molecule has 0 heterocycles. The lowest BCUT2D eigenvalue weighted by atomic mass is 10.0. The Bertz CT molecular complexity index is 544. The number of aliphatic hydroxyl groups excluding tert-OH is 1. The molecule has 0 spiro atoms. The third-order valence-electron chi connectivity index (χ3n) is 5.44. The summed E-state index contributed by atoms with van der Waals surface area (Å²) >= 11 is 0. The monoisotopic (exact) mass is 403 g/mol. The van der Waals surface area contributed by atoms with Crippen molar-refractivity contribution < 1.29 is 14.7 Å². The molecule has 1 aromatic carbocycles. The average Bonchev–Trinajstić information content (AvgIpc) is 2.75. The molecular weight excluding hydrogens is 362 g/mol. The minimum atomic E-state index is -0.806. The number of aliphatic hydroxyl groups is 1. The molecule has 0 saturated carbocycles. The summed E-state index contributed by atoms with van der Waals surface area (Å²) in [5.74, 6) is -0.400. The number of rotatable bonds is 18. The predicted octanol–water partition coefficient (Wildman–Crippen LogP) is 5.83. The van der Waals surface area contributed by atoms with E-state index in [9.17, 15) is 14.7 Å². The van der Waals surface area contributed by atoms with Crippen molar-refractivity contribution in [1.29, 1.82) is 0 Å². The van der Waals surface area contributed by atoms with Crippen LogP contribution in [0.25, 0.3) is 0 Å². The van der Waals surface area contributed by atoms with E-state index in [4.69, 9.17) is 0 Å². The lowest BCUT2D eigenvalue weighted by molar-refractivity contribution is -0.121. The largest absolute Gasteiger partial charge is 0.394 e. The van der Waals surface area contributed by atoms with Gasteiger partial charge in [-0.25, -0.2) is 0 Å². The molecule has 0 radical (unpaired) electrons. The third-order valence-corrected chi connectivity index (χ3v) is 5.44. The van der Waals surface area contributed by atoms with E-state index in [-0.39, 0.29) is 18.3 Å². The van der Waals surface area contributed by atoms with Crippen LogP contribution >= 0.6 is 0 Å². The maximum Gasteiger partial charge on any atom is 0.251 e. The van der Waals surface area contributed by atoms with E-state index in [1.165, 1.54) is 64.2 Å². The van der Waals surface area contributed by atoms with Crippen LogP contribution < -0.4 is 5.32 Å². The molecule has 0 aliphatic rings. The summed E-state index contributed by atoms with van der Waals surface area (Å²) in [5, 5.41) is 12.1. The highest BCUT2D eigenvalue weighted by Gasteiger charge is 2.19. The quantitative estimate of drug-likeness (QED) is 0.303. The van der Waals surface area contributed by atoms with E-state index in [2.05, 4.69) is 12.2 Å². The van der Waals surface area contributed by atoms with Crippen molar-refractivity contribution in [2.24, 2.45) is 0 Å². The summed E-state index contributed by atoms with van der Waals surface area (Å²) in [7, 11) is 0. The fourth-order valence-corrected chi connectivity index (χ4v) is 3.55. The molecule has 0 aromatic heterocycles. The van der Waals surface area contributed by atoms with Gasteiger partial charge in [0.25, 0.3) is 5.91 Å². The molecule has 1 unspecified atom stereocenters. The number of ketones is 1. The van der Waals surface area contributed by atoms with Gasteiger partial charge in [-0.15, -0.1) is 0 Å². The van der Waals surface area contributed by atoms with Gasteiger partial charge in [0.15, 0.2) is 5.78 Å². The van der Waals surface area contributed by atoms with Crippen LogP contribution in [0.3, 0.4) is 0 Å². The first-order valence-corrected chi connectivity index (χ1v) is 11.7. The average molecular weight is 404 g/mol. The van der Waals surface area contributed by atoms with Gasteiger partial charge in [-0.05, 0) is 18.6 Å². The molecule has 4 nitrogen and oxygen atoms in total. The summed E-state index contributed by atoms with van der Waals surface area (Å²) in [6.45, 7) is 1.90. The van der Waals surface area contributed by atoms with E-state index < -0.39 is 6.04 Å². The summed E-state index contributed by atoms with van der Waals surface area (Å²) in [6, 6.07) is 7.97. The smallest absolute Gasteiger partial charge is 0.251 e.